The molecule has 0 spiro atoms. The summed E-state index contributed by atoms with van der Waals surface area (Å²) in [5, 5.41) is 12.7. The summed E-state index contributed by atoms with van der Waals surface area (Å²) in [5.74, 6) is -0.503. The molecule has 0 bridgehead atoms. The number of nitrogens with zero attached hydrogens (tertiary/aromatic N) is 4. The summed E-state index contributed by atoms with van der Waals surface area (Å²) in [4.78, 5) is 26.4. The molecule has 31 heavy (non-hydrogen) atoms. The van der Waals surface area contributed by atoms with Gasteiger partial charge in [-0.2, -0.15) is 0 Å². The second-order valence-corrected chi connectivity index (χ2v) is 8.84. The van der Waals surface area contributed by atoms with Crippen molar-refractivity contribution in [3.63, 3.8) is 0 Å². The van der Waals surface area contributed by atoms with Crippen LogP contribution < -0.4 is 15.4 Å². The minimum atomic E-state index is -0.407. The molecule has 1 aliphatic rings. The Hall–Kier alpha value is -3.07. The molecule has 0 unspecified atom stereocenters. The normalized spacial score (nSPS) is 13.4. The molecule has 5 rings (SSSR count). The van der Waals surface area contributed by atoms with Crippen molar-refractivity contribution in [3.05, 3.63) is 96.7 Å². The summed E-state index contributed by atoms with van der Waals surface area (Å²) in [5.41, 5.74) is 1.48. The summed E-state index contributed by atoms with van der Waals surface area (Å²) in [7, 11) is 0. The fourth-order valence-corrected chi connectivity index (χ4v) is 4.90. The summed E-state index contributed by atoms with van der Waals surface area (Å²) >= 11 is 10.8. The van der Waals surface area contributed by atoms with E-state index in [1.807, 2.05) is 42.5 Å². The molecule has 6 nitrogen and oxygen atoms in total. The van der Waals surface area contributed by atoms with Gasteiger partial charge in [-0.3, -0.25) is 9.36 Å². The van der Waals surface area contributed by atoms with Crippen LogP contribution in [0.25, 0.3) is 11.3 Å². The van der Waals surface area contributed by atoms with Gasteiger partial charge in [-0.05, 0) is 42.5 Å². The van der Waals surface area contributed by atoms with Gasteiger partial charge in [-0.15, -0.1) is 0 Å². The van der Waals surface area contributed by atoms with E-state index in [9.17, 15) is 9.90 Å². The molecule has 0 aliphatic carbocycles. The second kappa shape index (κ2) is 7.88. The van der Waals surface area contributed by atoms with Crippen LogP contribution in [0, 0.1) is 0 Å². The van der Waals surface area contributed by atoms with E-state index in [2.05, 4.69) is 30.9 Å². The first kappa shape index (κ1) is 19.9. The molecular formula is C22H12BrClN4O2S. The molecule has 9 heteroatoms. The molecule has 0 saturated carbocycles. The maximum absolute atomic E-state index is 12.8. The Bertz CT molecular complexity index is 1540. The number of halogens is 2. The average molecular weight is 512 g/mol. The van der Waals surface area contributed by atoms with Gasteiger partial charge in [0.15, 0.2) is 9.95 Å². The number of amides is 1. The van der Waals surface area contributed by atoms with E-state index in [1.165, 1.54) is 11.3 Å². The van der Waals surface area contributed by atoms with Gasteiger partial charge >= 0.3 is 0 Å². The quantitative estimate of drug-likeness (QED) is 0.427. The van der Waals surface area contributed by atoms with Gasteiger partial charge in [0.05, 0.1) is 16.6 Å². The van der Waals surface area contributed by atoms with Crippen LogP contribution >= 0.6 is 38.9 Å². The molecule has 4 aromatic rings. The highest BCUT2D eigenvalue weighted by atomic mass is 79.9. The molecule has 2 aromatic heterocycles. The standard InChI is InChI=1S/C22H12BrClN4O2S/c23-12-8-9-15-14(11-12)17(20(29)26-15)18-21(30)28(13-5-2-1-3-6-13)22(31-18)27-16-7-4-10-25-19(16)24/h1-11,30H. The predicted octanol–water partition coefficient (Wildman–Crippen LogP) is 3.65. The summed E-state index contributed by atoms with van der Waals surface area (Å²) < 4.78 is 2.40. The molecule has 2 aromatic carbocycles. The number of para-hydroxylation sites is 1. The second-order valence-electron chi connectivity index (χ2n) is 6.59. The molecule has 0 atom stereocenters. The Labute approximate surface area is 193 Å². The van der Waals surface area contributed by atoms with Crippen LogP contribution in [-0.2, 0) is 4.79 Å². The van der Waals surface area contributed by atoms with Crippen molar-refractivity contribution in [2.45, 2.75) is 0 Å². The van der Waals surface area contributed by atoms with E-state index < -0.39 is 5.91 Å². The Morgan fingerprint density at radius 1 is 1.10 bits per heavy atom. The van der Waals surface area contributed by atoms with Crippen molar-refractivity contribution in [2.75, 3.05) is 0 Å². The highest BCUT2D eigenvalue weighted by Gasteiger charge is 2.26. The van der Waals surface area contributed by atoms with Crippen molar-refractivity contribution in [1.29, 1.82) is 0 Å². The maximum Gasteiger partial charge on any atom is 0.279 e. The fraction of sp³-hybridized carbons (Fsp3) is 0. The molecule has 1 N–H and O–H groups in total. The van der Waals surface area contributed by atoms with Crippen LogP contribution in [-0.4, -0.2) is 20.6 Å². The third-order valence-corrected chi connectivity index (χ3v) is 6.49. The first-order valence-electron chi connectivity index (χ1n) is 9.12. The van der Waals surface area contributed by atoms with E-state index in [1.54, 1.807) is 29.0 Å². The highest BCUT2D eigenvalue weighted by molar-refractivity contribution is 9.10. The number of hydrogen-bond acceptors (Lipinski definition) is 5. The number of aromatic hydroxyl groups is 1. The Morgan fingerprint density at radius 2 is 1.90 bits per heavy atom. The number of carbonyl (C=O) groups is 1. The van der Waals surface area contributed by atoms with Crippen LogP contribution in [0.1, 0.15) is 4.88 Å². The number of benzene rings is 2. The third-order valence-electron chi connectivity index (χ3n) is 4.66. The molecule has 152 valence electrons. The van der Waals surface area contributed by atoms with Crippen LogP contribution in [0.5, 0.6) is 5.88 Å². The SMILES string of the molecule is O=C1N=c2ccc(Br)cc2=C1c1sc(=Nc2cccnc2Cl)n(-c2ccccc2)c1O. The lowest BCUT2D eigenvalue weighted by molar-refractivity contribution is -0.112. The van der Waals surface area contributed by atoms with Crippen molar-refractivity contribution in [1.82, 2.24) is 9.55 Å². The molecule has 1 aliphatic heterocycles. The highest BCUT2D eigenvalue weighted by Crippen LogP contribution is 2.31. The summed E-state index contributed by atoms with van der Waals surface area (Å²) in [6, 6.07) is 18.1. The third kappa shape index (κ3) is 3.52. The lowest BCUT2D eigenvalue weighted by atomic mass is 10.1. The van der Waals surface area contributed by atoms with E-state index in [-0.39, 0.29) is 11.0 Å². The molecule has 3 heterocycles. The zero-order valence-corrected chi connectivity index (χ0v) is 18.8. The fourth-order valence-electron chi connectivity index (χ4n) is 3.29. The van der Waals surface area contributed by atoms with Crippen LogP contribution in [0.4, 0.5) is 5.69 Å². The Morgan fingerprint density at radius 3 is 2.68 bits per heavy atom. The van der Waals surface area contributed by atoms with Crippen LogP contribution in [0.2, 0.25) is 5.15 Å². The van der Waals surface area contributed by atoms with Crippen LogP contribution in [0.3, 0.4) is 0 Å². The molecule has 0 saturated heterocycles. The number of carbonyl (C=O) groups excluding carboxylic acids is 1. The largest absolute Gasteiger partial charge is 0.493 e. The zero-order valence-electron chi connectivity index (χ0n) is 15.7. The van der Waals surface area contributed by atoms with Crippen LogP contribution in [0.15, 0.2) is 81.3 Å². The summed E-state index contributed by atoms with van der Waals surface area (Å²) in [6.07, 6.45) is 1.58. The monoisotopic (exact) mass is 510 g/mol. The minimum absolute atomic E-state index is 0.0960. The topological polar surface area (TPSA) is 79.8 Å². The molecule has 0 radical (unpaired) electrons. The first-order chi connectivity index (χ1) is 15.0. The average Bonchev–Trinajstić information content (AvgIpc) is 3.25. The lowest BCUT2D eigenvalue weighted by Gasteiger charge is -2.05. The van der Waals surface area contributed by atoms with Gasteiger partial charge in [0.25, 0.3) is 5.91 Å². The van der Waals surface area contributed by atoms with Gasteiger partial charge in [0, 0.05) is 15.9 Å². The van der Waals surface area contributed by atoms with Gasteiger partial charge in [-0.25, -0.2) is 15.0 Å². The van der Waals surface area contributed by atoms with E-state index in [0.717, 1.165) is 4.47 Å². The number of aromatic nitrogens is 2. The van der Waals surface area contributed by atoms with E-state index in [4.69, 9.17) is 11.6 Å². The van der Waals surface area contributed by atoms with E-state index in [0.29, 0.717) is 37.2 Å². The van der Waals surface area contributed by atoms with Gasteiger partial charge in [0.2, 0.25) is 5.88 Å². The van der Waals surface area contributed by atoms with Gasteiger partial charge in [0.1, 0.15) is 10.6 Å². The minimum Gasteiger partial charge on any atom is -0.493 e. The van der Waals surface area contributed by atoms with E-state index >= 15 is 0 Å². The Balaban J connectivity index is 1.86. The van der Waals surface area contributed by atoms with Gasteiger partial charge < -0.3 is 5.11 Å². The van der Waals surface area contributed by atoms with Gasteiger partial charge in [-0.1, -0.05) is 57.1 Å². The smallest absolute Gasteiger partial charge is 0.279 e. The van der Waals surface area contributed by atoms with Crippen molar-refractivity contribution < 1.29 is 9.90 Å². The number of hydrogen-bond donors (Lipinski definition) is 1. The Kier molecular flexibility index (Phi) is 5.05. The number of rotatable bonds is 3. The first-order valence-corrected chi connectivity index (χ1v) is 11.1. The molecule has 0 fully saturated rings. The number of fused-ring (bicyclic) bond motifs is 1. The summed E-state index contributed by atoms with van der Waals surface area (Å²) in [6.45, 7) is 0. The van der Waals surface area contributed by atoms with Crippen molar-refractivity contribution in [2.24, 2.45) is 9.98 Å². The maximum atomic E-state index is 12.8. The zero-order chi connectivity index (χ0) is 21.5. The number of thiazole rings is 1. The lowest BCUT2D eigenvalue weighted by Crippen LogP contribution is -2.22. The number of pyridine rings is 1. The van der Waals surface area contributed by atoms with Crippen molar-refractivity contribution in [3.8, 4) is 11.6 Å². The van der Waals surface area contributed by atoms with Crippen molar-refractivity contribution >= 4 is 56.0 Å². The molecule has 1 amide bonds. The molecular weight excluding hydrogens is 500 g/mol. The predicted molar refractivity (Wildman–Crippen MR) is 122 cm³/mol.